The van der Waals surface area contributed by atoms with Gasteiger partial charge in [0, 0.05) is 19.0 Å². The topological polar surface area (TPSA) is 75.4 Å². The third-order valence-electron chi connectivity index (χ3n) is 4.14. The molecule has 2 amide bonds. The summed E-state index contributed by atoms with van der Waals surface area (Å²) < 4.78 is 5.23. The lowest BCUT2D eigenvalue weighted by atomic mass is 10.0. The van der Waals surface area contributed by atoms with Crippen LogP contribution in [-0.4, -0.2) is 41.5 Å². The van der Waals surface area contributed by atoms with Crippen molar-refractivity contribution in [2.75, 3.05) is 13.6 Å². The quantitative estimate of drug-likeness (QED) is 0.932. The third-order valence-corrected chi connectivity index (χ3v) is 4.14. The van der Waals surface area contributed by atoms with E-state index in [1.165, 1.54) is 0 Å². The van der Waals surface area contributed by atoms with E-state index >= 15 is 0 Å². The van der Waals surface area contributed by atoms with Gasteiger partial charge in [-0.15, -0.1) is 0 Å². The molecule has 1 atom stereocenters. The fraction of sp³-hybridized carbons (Fsp3) is 0.438. The molecule has 0 radical (unpaired) electrons. The van der Waals surface area contributed by atoms with Crippen molar-refractivity contribution in [2.45, 2.75) is 31.7 Å². The molecule has 0 saturated carbocycles. The Labute approximate surface area is 128 Å². The number of hydrogen-bond donors (Lipinski definition) is 1. The fourth-order valence-electron chi connectivity index (χ4n) is 2.98. The molecule has 116 valence electrons. The number of likely N-dealkylation sites (tertiary alicyclic amines) is 1. The largest absolute Gasteiger partial charge is 0.357 e. The first kappa shape index (κ1) is 14.6. The second-order valence-electron chi connectivity index (χ2n) is 5.52. The van der Waals surface area contributed by atoms with Gasteiger partial charge in [0.05, 0.1) is 6.42 Å². The minimum atomic E-state index is -0.371. The first-order valence-corrected chi connectivity index (χ1v) is 7.55. The summed E-state index contributed by atoms with van der Waals surface area (Å²) in [5, 5.41) is 7.49. The van der Waals surface area contributed by atoms with Gasteiger partial charge in [-0.1, -0.05) is 17.3 Å². The summed E-state index contributed by atoms with van der Waals surface area (Å²) in [6.07, 6.45) is 2.77. The standard InChI is InChI=1S/C16H19N3O3/c1-17-16(21)13-7-4-5-9-19(13)15(20)10-12-11-6-2-3-8-14(11)22-18-12/h2-3,6,8,13H,4-5,7,9-10H2,1H3,(H,17,21)/t13-/m1/s1. The van der Waals surface area contributed by atoms with Gasteiger partial charge < -0.3 is 14.7 Å². The second-order valence-corrected chi connectivity index (χ2v) is 5.52. The van der Waals surface area contributed by atoms with Crippen LogP contribution in [0.5, 0.6) is 0 Å². The van der Waals surface area contributed by atoms with Crippen molar-refractivity contribution in [1.82, 2.24) is 15.4 Å². The number of likely N-dealkylation sites (N-methyl/N-ethyl adjacent to an activating group) is 1. The van der Waals surface area contributed by atoms with Crippen LogP contribution in [0.25, 0.3) is 11.0 Å². The van der Waals surface area contributed by atoms with Crippen molar-refractivity contribution in [3.63, 3.8) is 0 Å². The molecule has 1 N–H and O–H groups in total. The van der Waals surface area contributed by atoms with Gasteiger partial charge in [-0.3, -0.25) is 9.59 Å². The number of carbonyl (C=O) groups is 2. The van der Waals surface area contributed by atoms with E-state index < -0.39 is 0 Å². The minimum Gasteiger partial charge on any atom is -0.357 e. The lowest BCUT2D eigenvalue weighted by molar-refractivity contribution is -0.141. The van der Waals surface area contributed by atoms with E-state index in [-0.39, 0.29) is 24.3 Å². The average Bonchev–Trinajstić information content (AvgIpc) is 2.97. The fourth-order valence-corrected chi connectivity index (χ4v) is 2.98. The molecule has 0 unspecified atom stereocenters. The Hall–Kier alpha value is -2.37. The molecule has 1 saturated heterocycles. The number of carbonyl (C=O) groups excluding carboxylic acids is 2. The molecular formula is C16H19N3O3. The first-order valence-electron chi connectivity index (χ1n) is 7.55. The number of nitrogens with zero attached hydrogens (tertiary/aromatic N) is 2. The van der Waals surface area contributed by atoms with Crippen LogP contribution in [0.3, 0.4) is 0 Å². The van der Waals surface area contributed by atoms with Gasteiger partial charge >= 0.3 is 0 Å². The van der Waals surface area contributed by atoms with E-state index in [0.717, 1.165) is 18.2 Å². The smallest absolute Gasteiger partial charge is 0.242 e. The highest BCUT2D eigenvalue weighted by molar-refractivity contribution is 5.90. The summed E-state index contributed by atoms with van der Waals surface area (Å²) in [4.78, 5) is 26.2. The first-order chi connectivity index (χ1) is 10.7. The zero-order valence-corrected chi connectivity index (χ0v) is 12.5. The number of aromatic nitrogens is 1. The van der Waals surface area contributed by atoms with Crippen molar-refractivity contribution < 1.29 is 14.1 Å². The lowest BCUT2D eigenvalue weighted by Gasteiger charge is -2.34. The second kappa shape index (κ2) is 6.17. The molecule has 1 aliphatic heterocycles. The highest BCUT2D eigenvalue weighted by Crippen LogP contribution is 2.22. The maximum absolute atomic E-state index is 12.6. The molecule has 2 aromatic rings. The van der Waals surface area contributed by atoms with E-state index in [9.17, 15) is 9.59 Å². The molecule has 0 spiro atoms. The number of para-hydroxylation sites is 1. The number of benzene rings is 1. The van der Waals surface area contributed by atoms with Gasteiger partial charge in [0.2, 0.25) is 11.8 Å². The summed E-state index contributed by atoms with van der Waals surface area (Å²) in [5.74, 6) is -0.176. The molecule has 2 heterocycles. The normalized spacial score (nSPS) is 18.4. The van der Waals surface area contributed by atoms with Crippen molar-refractivity contribution >= 4 is 22.8 Å². The Balaban J connectivity index is 1.79. The van der Waals surface area contributed by atoms with Crippen LogP contribution in [0.15, 0.2) is 28.8 Å². The summed E-state index contributed by atoms with van der Waals surface area (Å²) in [6, 6.07) is 7.10. The van der Waals surface area contributed by atoms with Gasteiger partial charge in [-0.05, 0) is 31.4 Å². The monoisotopic (exact) mass is 301 g/mol. The molecule has 3 rings (SSSR count). The number of hydrogen-bond acceptors (Lipinski definition) is 4. The van der Waals surface area contributed by atoms with Gasteiger partial charge in [0.15, 0.2) is 5.58 Å². The SMILES string of the molecule is CNC(=O)[C@H]1CCCCN1C(=O)Cc1noc2ccccc12. The Bertz CT molecular complexity index is 695. The van der Waals surface area contributed by atoms with Crippen molar-refractivity contribution in [3.05, 3.63) is 30.0 Å². The van der Waals surface area contributed by atoms with Gasteiger partial charge in [-0.25, -0.2) is 0 Å². The van der Waals surface area contributed by atoms with Crippen LogP contribution in [-0.2, 0) is 16.0 Å². The van der Waals surface area contributed by atoms with Crippen LogP contribution in [0.4, 0.5) is 0 Å². The van der Waals surface area contributed by atoms with E-state index in [1.54, 1.807) is 11.9 Å². The zero-order chi connectivity index (χ0) is 15.5. The number of nitrogens with one attached hydrogen (secondary N) is 1. The average molecular weight is 301 g/mol. The highest BCUT2D eigenvalue weighted by Gasteiger charge is 2.31. The van der Waals surface area contributed by atoms with E-state index in [0.29, 0.717) is 24.2 Å². The van der Waals surface area contributed by atoms with E-state index in [4.69, 9.17) is 4.52 Å². The van der Waals surface area contributed by atoms with Crippen LogP contribution in [0.1, 0.15) is 25.0 Å². The van der Waals surface area contributed by atoms with E-state index in [1.807, 2.05) is 24.3 Å². The number of piperidine rings is 1. The van der Waals surface area contributed by atoms with Crippen LogP contribution >= 0.6 is 0 Å². The predicted octanol–water partition coefficient (Wildman–Crippen LogP) is 1.50. The highest BCUT2D eigenvalue weighted by atomic mass is 16.5. The maximum Gasteiger partial charge on any atom is 0.242 e. The lowest BCUT2D eigenvalue weighted by Crippen LogP contribution is -2.51. The van der Waals surface area contributed by atoms with Gasteiger partial charge in [0.1, 0.15) is 11.7 Å². The number of fused-ring (bicyclic) bond motifs is 1. The van der Waals surface area contributed by atoms with Crippen molar-refractivity contribution in [1.29, 1.82) is 0 Å². The molecule has 0 bridgehead atoms. The summed E-state index contributed by atoms with van der Waals surface area (Å²) in [5.41, 5.74) is 1.30. The summed E-state index contributed by atoms with van der Waals surface area (Å²) in [7, 11) is 1.60. The third kappa shape index (κ3) is 2.68. The van der Waals surface area contributed by atoms with Gasteiger partial charge in [0.25, 0.3) is 0 Å². The Kier molecular flexibility index (Phi) is 4.09. The Morgan fingerprint density at radius 2 is 2.18 bits per heavy atom. The molecule has 6 nitrogen and oxygen atoms in total. The number of amides is 2. The Morgan fingerprint density at radius 1 is 1.36 bits per heavy atom. The molecular weight excluding hydrogens is 282 g/mol. The summed E-state index contributed by atoms with van der Waals surface area (Å²) in [6.45, 7) is 0.618. The molecule has 1 aliphatic rings. The van der Waals surface area contributed by atoms with Crippen LogP contribution < -0.4 is 5.32 Å². The van der Waals surface area contributed by atoms with Crippen LogP contribution in [0.2, 0.25) is 0 Å². The molecule has 1 aromatic carbocycles. The van der Waals surface area contributed by atoms with Crippen molar-refractivity contribution in [2.24, 2.45) is 0 Å². The molecule has 22 heavy (non-hydrogen) atoms. The maximum atomic E-state index is 12.6. The van der Waals surface area contributed by atoms with Crippen molar-refractivity contribution in [3.8, 4) is 0 Å². The van der Waals surface area contributed by atoms with Crippen LogP contribution in [0, 0.1) is 0 Å². The zero-order valence-electron chi connectivity index (χ0n) is 12.5. The van der Waals surface area contributed by atoms with E-state index in [2.05, 4.69) is 10.5 Å². The minimum absolute atomic E-state index is 0.0765. The molecule has 6 heteroatoms. The van der Waals surface area contributed by atoms with Gasteiger partial charge in [-0.2, -0.15) is 0 Å². The predicted molar refractivity (Wildman–Crippen MR) is 81.1 cm³/mol. The molecule has 0 aliphatic carbocycles. The Morgan fingerprint density at radius 3 is 3.00 bits per heavy atom. The summed E-state index contributed by atoms with van der Waals surface area (Å²) >= 11 is 0. The molecule has 1 fully saturated rings. The molecule has 1 aromatic heterocycles. The number of rotatable bonds is 3.